The van der Waals surface area contributed by atoms with E-state index in [2.05, 4.69) is 58.4 Å². The summed E-state index contributed by atoms with van der Waals surface area (Å²) in [5, 5.41) is 12.5. The molecule has 0 aromatic heterocycles. The molecule has 2 aliphatic rings. The summed E-state index contributed by atoms with van der Waals surface area (Å²) >= 11 is 0. The normalized spacial score (nSPS) is 22.4. The van der Waals surface area contributed by atoms with Crippen LogP contribution in [-0.2, 0) is 11.3 Å². The first-order chi connectivity index (χ1) is 13.5. The summed E-state index contributed by atoms with van der Waals surface area (Å²) in [5.74, 6) is 0.307. The average molecular weight is 383 g/mol. The number of rotatable bonds is 9. The molecule has 1 aromatic carbocycles. The van der Waals surface area contributed by atoms with Crippen molar-refractivity contribution in [2.24, 2.45) is 5.92 Å². The number of benzene rings is 1. The van der Waals surface area contributed by atoms with Gasteiger partial charge >= 0.3 is 0 Å². The minimum absolute atomic E-state index is 0.00965. The molecular weight excluding hydrogens is 348 g/mol. The minimum Gasteiger partial charge on any atom is -0.337 e. The Hall–Kier alpha value is -1.90. The Kier molecular flexibility index (Phi) is 7.09. The minimum atomic E-state index is -0.707. The van der Waals surface area contributed by atoms with Crippen molar-refractivity contribution in [3.05, 3.63) is 35.9 Å². The number of carbonyl (C=O) groups excluding carboxylic acids is 1. The zero-order chi connectivity index (χ0) is 20.0. The van der Waals surface area contributed by atoms with Gasteiger partial charge in [-0.15, -0.1) is 0 Å². The number of hydrogen-bond acceptors (Lipinski definition) is 4. The second kappa shape index (κ2) is 9.54. The van der Waals surface area contributed by atoms with Gasteiger partial charge in [-0.1, -0.05) is 37.3 Å². The van der Waals surface area contributed by atoms with Crippen LogP contribution in [0.5, 0.6) is 0 Å². The maximum Gasteiger partial charge on any atom is 0.235 e. The number of hydrogen-bond donors (Lipinski definition) is 1. The van der Waals surface area contributed by atoms with Crippen molar-refractivity contribution in [1.29, 1.82) is 5.26 Å². The van der Waals surface area contributed by atoms with Crippen molar-refractivity contribution in [2.75, 3.05) is 26.2 Å². The highest BCUT2D eigenvalue weighted by molar-refractivity contribution is 5.79. The van der Waals surface area contributed by atoms with Crippen LogP contribution in [0, 0.1) is 17.2 Å². The molecule has 1 aliphatic heterocycles. The van der Waals surface area contributed by atoms with Gasteiger partial charge in [0.05, 0.1) is 12.6 Å². The largest absolute Gasteiger partial charge is 0.337 e. The van der Waals surface area contributed by atoms with Crippen LogP contribution in [0.4, 0.5) is 0 Å². The molecule has 152 valence electrons. The lowest BCUT2D eigenvalue weighted by Crippen LogP contribution is -2.54. The molecule has 5 heteroatoms. The third kappa shape index (κ3) is 5.56. The van der Waals surface area contributed by atoms with Crippen LogP contribution in [0.15, 0.2) is 30.3 Å². The van der Waals surface area contributed by atoms with Crippen LogP contribution in [0.2, 0.25) is 0 Å². The number of carbonyl (C=O) groups is 1. The van der Waals surface area contributed by atoms with Crippen molar-refractivity contribution in [2.45, 2.75) is 64.1 Å². The lowest BCUT2D eigenvalue weighted by atomic mass is 9.97. The van der Waals surface area contributed by atoms with Crippen molar-refractivity contribution >= 4 is 5.91 Å². The van der Waals surface area contributed by atoms with Gasteiger partial charge in [0.1, 0.15) is 5.54 Å². The Labute approximate surface area is 169 Å². The standard InChI is InChI=1S/C23H34N4O/c1-3-13-27(17-22(28)25-23(2,18-24)20-11-12-20)21-10-7-14-26(16-21)15-19-8-5-4-6-9-19/h4-6,8-9,20-21H,3,7,10-17H2,1-2H3,(H,25,28). The number of nitrogens with one attached hydrogen (secondary N) is 1. The zero-order valence-corrected chi connectivity index (χ0v) is 17.4. The van der Waals surface area contributed by atoms with Crippen molar-refractivity contribution in [1.82, 2.24) is 15.1 Å². The van der Waals surface area contributed by atoms with Crippen LogP contribution >= 0.6 is 0 Å². The summed E-state index contributed by atoms with van der Waals surface area (Å²) in [5.41, 5.74) is 0.637. The number of piperidine rings is 1. The van der Waals surface area contributed by atoms with Gasteiger partial charge in [0.2, 0.25) is 5.91 Å². The van der Waals surface area contributed by atoms with Crippen LogP contribution in [-0.4, -0.2) is 53.5 Å². The quantitative estimate of drug-likeness (QED) is 0.713. The summed E-state index contributed by atoms with van der Waals surface area (Å²) < 4.78 is 0. The third-order valence-electron chi connectivity index (χ3n) is 6.13. The molecule has 1 N–H and O–H groups in total. The van der Waals surface area contributed by atoms with Crippen molar-refractivity contribution in [3.8, 4) is 6.07 Å². The van der Waals surface area contributed by atoms with Gasteiger partial charge in [-0.05, 0) is 63.6 Å². The van der Waals surface area contributed by atoms with E-state index < -0.39 is 5.54 Å². The molecule has 0 bridgehead atoms. The van der Waals surface area contributed by atoms with E-state index in [4.69, 9.17) is 0 Å². The van der Waals surface area contributed by atoms with E-state index in [0.717, 1.165) is 58.3 Å². The summed E-state index contributed by atoms with van der Waals surface area (Å²) in [6, 6.07) is 13.3. The molecule has 1 saturated heterocycles. The monoisotopic (exact) mass is 382 g/mol. The van der Waals surface area contributed by atoms with Crippen molar-refractivity contribution in [3.63, 3.8) is 0 Å². The average Bonchev–Trinajstić information content (AvgIpc) is 3.54. The van der Waals surface area contributed by atoms with Crippen molar-refractivity contribution < 1.29 is 4.79 Å². The van der Waals surface area contributed by atoms with E-state index >= 15 is 0 Å². The van der Waals surface area contributed by atoms with Gasteiger partial charge in [0.15, 0.2) is 0 Å². The Morgan fingerprint density at radius 1 is 1.32 bits per heavy atom. The molecule has 28 heavy (non-hydrogen) atoms. The summed E-state index contributed by atoms with van der Waals surface area (Å²) in [6.45, 7) is 8.43. The highest BCUT2D eigenvalue weighted by Crippen LogP contribution is 2.39. The SMILES string of the molecule is CCCN(CC(=O)NC(C)(C#N)C1CC1)C1CCCN(Cc2ccccc2)C1. The molecule has 5 nitrogen and oxygen atoms in total. The molecular formula is C23H34N4O. The summed E-state index contributed by atoms with van der Waals surface area (Å²) in [4.78, 5) is 17.6. The molecule has 1 heterocycles. The molecule has 2 fully saturated rings. The number of likely N-dealkylation sites (tertiary alicyclic amines) is 1. The lowest BCUT2D eigenvalue weighted by molar-refractivity contribution is -0.124. The summed E-state index contributed by atoms with van der Waals surface area (Å²) in [6.07, 6.45) is 5.41. The van der Waals surface area contributed by atoms with E-state index in [0.29, 0.717) is 18.5 Å². The highest BCUT2D eigenvalue weighted by atomic mass is 16.2. The van der Waals surface area contributed by atoms with E-state index in [1.54, 1.807) is 0 Å². The predicted octanol–water partition coefficient (Wildman–Crippen LogP) is 3.17. The van der Waals surface area contributed by atoms with E-state index in [1.165, 1.54) is 5.56 Å². The van der Waals surface area contributed by atoms with Crippen LogP contribution < -0.4 is 5.32 Å². The van der Waals surface area contributed by atoms with Gasteiger partial charge in [0.25, 0.3) is 0 Å². The third-order valence-corrected chi connectivity index (χ3v) is 6.13. The zero-order valence-electron chi connectivity index (χ0n) is 17.4. The lowest BCUT2D eigenvalue weighted by Gasteiger charge is -2.39. The maximum atomic E-state index is 12.7. The predicted molar refractivity (Wildman–Crippen MR) is 111 cm³/mol. The first-order valence-corrected chi connectivity index (χ1v) is 10.8. The smallest absolute Gasteiger partial charge is 0.235 e. The number of nitrogens with zero attached hydrogens (tertiary/aromatic N) is 3. The molecule has 2 atom stereocenters. The molecule has 1 aliphatic carbocycles. The number of nitriles is 1. The highest BCUT2D eigenvalue weighted by Gasteiger charge is 2.43. The van der Waals surface area contributed by atoms with Gasteiger partial charge in [-0.2, -0.15) is 5.26 Å². The Balaban J connectivity index is 1.57. The van der Waals surface area contributed by atoms with Crippen LogP contribution in [0.25, 0.3) is 0 Å². The maximum absolute atomic E-state index is 12.7. The Morgan fingerprint density at radius 2 is 2.07 bits per heavy atom. The fourth-order valence-corrected chi connectivity index (χ4v) is 4.39. The Morgan fingerprint density at radius 3 is 2.71 bits per heavy atom. The second-order valence-corrected chi connectivity index (χ2v) is 8.62. The summed E-state index contributed by atoms with van der Waals surface area (Å²) in [7, 11) is 0. The van der Waals surface area contributed by atoms with E-state index in [1.807, 2.05) is 6.92 Å². The fourth-order valence-electron chi connectivity index (χ4n) is 4.39. The molecule has 3 rings (SSSR count). The van der Waals surface area contributed by atoms with Gasteiger partial charge < -0.3 is 5.32 Å². The van der Waals surface area contributed by atoms with Gasteiger partial charge in [0, 0.05) is 19.1 Å². The first-order valence-electron chi connectivity index (χ1n) is 10.8. The van der Waals surface area contributed by atoms with E-state index in [-0.39, 0.29) is 5.91 Å². The molecule has 2 unspecified atom stereocenters. The topological polar surface area (TPSA) is 59.4 Å². The molecule has 1 saturated carbocycles. The first kappa shape index (κ1) is 20.8. The van der Waals surface area contributed by atoms with Crippen LogP contribution in [0.1, 0.15) is 51.5 Å². The second-order valence-electron chi connectivity index (χ2n) is 8.62. The Bertz CT molecular complexity index is 682. The van der Waals surface area contributed by atoms with Gasteiger partial charge in [-0.3, -0.25) is 14.6 Å². The molecule has 0 spiro atoms. The number of amides is 1. The molecule has 1 aromatic rings. The van der Waals surface area contributed by atoms with E-state index in [9.17, 15) is 10.1 Å². The molecule has 1 amide bonds. The fraction of sp³-hybridized carbons (Fsp3) is 0.652. The van der Waals surface area contributed by atoms with Gasteiger partial charge in [-0.25, -0.2) is 0 Å². The molecule has 0 radical (unpaired) electrons. The van der Waals surface area contributed by atoms with Crippen LogP contribution in [0.3, 0.4) is 0 Å².